The second-order valence-electron chi connectivity index (χ2n) is 4.94. The molecule has 2 N–H and O–H groups in total. The summed E-state index contributed by atoms with van der Waals surface area (Å²) in [6, 6.07) is 11.3. The van der Waals surface area contributed by atoms with Crippen LogP contribution in [0.2, 0.25) is 0 Å². The van der Waals surface area contributed by atoms with Crippen LogP contribution in [-0.4, -0.2) is 56.2 Å². The second-order valence-corrected chi connectivity index (χ2v) is 4.94. The summed E-state index contributed by atoms with van der Waals surface area (Å²) in [5, 5.41) is 8.94. The Balaban J connectivity index is 2.01. The van der Waals surface area contributed by atoms with Crippen LogP contribution in [0.15, 0.2) is 30.3 Å². The smallest absolute Gasteiger partial charge is 0.242 e. The van der Waals surface area contributed by atoms with Gasteiger partial charge in [-0.2, -0.15) is 5.26 Å². The molecule has 112 valence electrons. The molecule has 1 heterocycles. The van der Waals surface area contributed by atoms with Crippen LogP contribution >= 0.6 is 0 Å². The third kappa shape index (κ3) is 4.26. The van der Waals surface area contributed by atoms with Gasteiger partial charge in [0.1, 0.15) is 6.54 Å². The molecule has 1 saturated heterocycles. The number of nitrogens with two attached hydrogens (primary N) is 1. The van der Waals surface area contributed by atoms with E-state index in [0.29, 0.717) is 26.2 Å². The van der Waals surface area contributed by atoms with Gasteiger partial charge in [0.05, 0.1) is 25.3 Å². The molecule has 6 heteroatoms. The highest BCUT2D eigenvalue weighted by atomic mass is 16.5. The van der Waals surface area contributed by atoms with E-state index in [2.05, 4.69) is 0 Å². The van der Waals surface area contributed by atoms with E-state index in [1.54, 1.807) is 0 Å². The van der Waals surface area contributed by atoms with E-state index in [1.165, 1.54) is 4.90 Å². The van der Waals surface area contributed by atoms with Crippen molar-refractivity contribution in [1.82, 2.24) is 4.90 Å². The Kier molecular flexibility index (Phi) is 5.69. The number of hydrogen-bond donors (Lipinski definition) is 1. The summed E-state index contributed by atoms with van der Waals surface area (Å²) in [4.78, 5) is 16.0. The standard InChI is InChI=1S/C15H20N4O2/c16-6-7-19(13-4-2-1-3-5-13)15(20)12-18-8-9-21-14(10-17)11-18/h1-5,14H,7-12,17H2. The number of nitriles is 1. The van der Waals surface area contributed by atoms with Crippen LogP contribution in [0.3, 0.4) is 0 Å². The number of amides is 1. The molecule has 0 spiro atoms. The Hall–Kier alpha value is -1.94. The first-order valence-electron chi connectivity index (χ1n) is 7.01. The zero-order chi connectivity index (χ0) is 15.1. The maximum absolute atomic E-state index is 12.5. The van der Waals surface area contributed by atoms with E-state index >= 15 is 0 Å². The lowest BCUT2D eigenvalue weighted by Gasteiger charge is -2.33. The molecule has 1 amide bonds. The molecular weight excluding hydrogens is 268 g/mol. The van der Waals surface area contributed by atoms with Gasteiger partial charge in [-0.15, -0.1) is 0 Å². The number of carbonyl (C=O) groups excluding carboxylic acids is 1. The fourth-order valence-corrected chi connectivity index (χ4v) is 2.35. The molecule has 1 aliphatic rings. The van der Waals surface area contributed by atoms with E-state index in [0.717, 1.165) is 5.69 Å². The SMILES string of the molecule is N#CCN(C(=O)CN1CCOC(CN)C1)c1ccccc1. The fraction of sp³-hybridized carbons (Fsp3) is 0.467. The third-order valence-corrected chi connectivity index (χ3v) is 3.44. The first-order valence-corrected chi connectivity index (χ1v) is 7.01. The van der Waals surface area contributed by atoms with Crippen LogP contribution in [0.25, 0.3) is 0 Å². The van der Waals surface area contributed by atoms with Gasteiger partial charge in [-0.25, -0.2) is 0 Å². The molecule has 1 aliphatic heterocycles. The van der Waals surface area contributed by atoms with Gasteiger partial charge in [0.25, 0.3) is 0 Å². The normalized spacial score (nSPS) is 19.0. The summed E-state index contributed by atoms with van der Waals surface area (Å²) < 4.78 is 5.49. The lowest BCUT2D eigenvalue weighted by atomic mass is 10.2. The monoisotopic (exact) mass is 288 g/mol. The molecule has 0 bridgehead atoms. The Labute approximate surface area is 124 Å². The second kappa shape index (κ2) is 7.74. The zero-order valence-corrected chi connectivity index (χ0v) is 11.9. The van der Waals surface area contributed by atoms with Crippen molar-refractivity contribution in [3.63, 3.8) is 0 Å². The van der Waals surface area contributed by atoms with Crippen molar-refractivity contribution >= 4 is 11.6 Å². The average Bonchev–Trinajstić information content (AvgIpc) is 2.53. The number of benzene rings is 1. The maximum atomic E-state index is 12.5. The molecule has 1 fully saturated rings. The Morgan fingerprint density at radius 1 is 1.48 bits per heavy atom. The lowest BCUT2D eigenvalue weighted by molar-refractivity contribution is -0.121. The molecular formula is C15H20N4O2. The van der Waals surface area contributed by atoms with Gasteiger partial charge in [0, 0.05) is 25.3 Å². The molecule has 1 aromatic rings. The highest BCUT2D eigenvalue weighted by Gasteiger charge is 2.24. The van der Waals surface area contributed by atoms with Crippen molar-refractivity contribution in [2.75, 3.05) is 44.2 Å². The predicted octanol–water partition coefficient (Wildman–Crippen LogP) is 0.203. The molecule has 0 aliphatic carbocycles. The zero-order valence-electron chi connectivity index (χ0n) is 11.9. The van der Waals surface area contributed by atoms with Gasteiger partial charge < -0.3 is 10.5 Å². The van der Waals surface area contributed by atoms with Crippen molar-refractivity contribution in [3.8, 4) is 6.07 Å². The number of ether oxygens (including phenoxy) is 1. The Morgan fingerprint density at radius 3 is 2.90 bits per heavy atom. The molecule has 0 aromatic heterocycles. The third-order valence-electron chi connectivity index (χ3n) is 3.44. The quantitative estimate of drug-likeness (QED) is 0.783. The highest BCUT2D eigenvalue weighted by Crippen LogP contribution is 2.14. The summed E-state index contributed by atoms with van der Waals surface area (Å²) in [7, 11) is 0. The largest absolute Gasteiger partial charge is 0.374 e. The van der Waals surface area contributed by atoms with Gasteiger partial charge >= 0.3 is 0 Å². The number of nitrogens with zero attached hydrogens (tertiary/aromatic N) is 3. The minimum atomic E-state index is -0.0829. The Morgan fingerprint density at radius 2 is 2.24 bits per heavy atom. The first kappa shape index (κ1) is 15.4. The van der Waals surface area contributed by atoms with E-state index in [1.807, 2.05) is 41.3 Å². The van der Waals surface area contributed by atoms with Gasteiger partial charge in [0.15, 0.2) is 0 Å². The number of para-hydroxylation sites is 1. The van der Waals surface area contributed by atoms with Gasteiger partial charge in [-0.05, 0) is 12.1 Å². The van der Waals surface area contributed by atoms with E-state index in [4.69, 9.17) is 15.7 Å². The fourth-order valence-electron chi connectivity index (χ4n) is 2.35. The lowest BCUT2D eigenvalue weighted by Crippen LogP contribution is -2.49. The minimum Gasteiger partial charge on any atom is -0.374 e. The summed E-state index contributed by atoms with van der Waals surface area (Å²) in [5.41, 5.74) is 6.35. The van der Waals surface area contributed by atoms with Crippen molar-refractivity contribution in [3.05, 3.63) is 30.3 Å². The van der Waals surface area contributed by atoms with Crippen LogP contribution in [-0.2, 0) is 9.53 Å². The summed E-state index contributed by atoms with van der Waals surface area (Å²) >= 11 is 0. The topological polar surface area (TPSA) is 82.6 Å². The van der Waals surface area contributed by atoms with Crippen molar-refractivity contribution in [2.24, 2.45) is 5.73 Å². The van der Waals surface area contributed by atoms with Crippen LogP contribution in [0.1, 0.15) is 0 Å². The van der Waals surface area contributed by atoms with Crippen molar-refractivity contribution in [1.29, 1.82) is 5.26 Å². The number of hydrogen-bond acceptors (Lipinski definition) is 5. The molecule has 2 rings (SSSR count). The average molecular weight is 288 g/mol. The molecule has 1 unspecified atom stereocenters. The predicted molar refractivity (Wildman–Crippen MR) is 79.6 cm³/mol. The number of morpholine rings is 1. The van der Waals surface area contributed by atoms with E-state index in [-0.39, 0.29) is 25.1 Å². The molecule has 21 heavy (non-hydrogen) atoms. The van der Waals surface area contributed by atoms with E-state index < -0.39 is 0 Å². The molecule has 0 radical (unpaired) electrons. The number of rotatable bonds is 5. The molecule has 1 atom stereocenters. The Bertz CT molecular complexity index is 500. The molecule has 6 nitrogen and oxygen atoms in total. The minimum absolute atomic E-state index is 0.0207. The number of carbonyl (C=O) groups is 1. The first-order chi connectivity index (χ1) is 10.2. The summed E-state index contributed by atoms with van der Waals surface area (Å²) in [5.74, 6) is -0.0829. The van der Waals surface area contributed by atoms with Gasteiger partial charge in [-0.3, -0.25) is 14.6 Å². The number of anilines is 1. The van der Waals surface area contributed by atoms with Crippen LogP contribution < -0.4 is 10.6 Å². The van der Waals surface area contributed by atoms with Crippen LogP contribution in [0.4, 0.5) is 5.69 Å². The van der Waals surface area contributed by atoms with E-state index in [9.17, 15) is 4.79 Å². The van der Waals surface area contributed by atoms with Crippen LogP contribution in [0, 0.1) is 11.3 Å². The molecule has 0 saturated carbocycles. The summed E-state index contributed by atoms with van der Waals surface area (Å²) in [6.45, 7) is 2.71. The van der Waals surface area contributed by atoms with Gasteiger partial charge in [0.2, 0.25) is 5.91 Å². The van der Waals surface area contributed by atoms with Gasteiger partial charge in [-0.1, -0.05) is 18.2 Å². The molecule has 1 aromatic carbocycles. The highest BCUT2D eigenvalue weighted by molar-refractivity contribution is 5.95. The van der Waals surface area contributed by atoms with Crippen molar-refractivity contribution < 1.29 is 9.53 Å². The maximum Gasteiger partial charge on any atom is 0.242 e. The van der Waals surface area contributed by atoms with Crippen LogP contribution in [0.5, 0.6) is 0 Å². The summed E-state index contributed by atoms with van der Waals surface area (Å²) in [6.07, 6.45) is -0.0207. The van der Waals surface area contributed by atoms with Crippen molar-refractivity contribution in [2.45, 2.75) is 6.10 Å².